The van der Waals surface area contributed by atoms with Crippen LogP contribution < -0.4 is 19.5 Å². The van der Waals surface area contributed by atoms with Gasteiger partial charge in [0.25, 0.3) is 5.91 Å². The lowest BCUT2D eigenvalue weighted by molar-refractivity contribution is 0.0947. The number of nitrogens with one attached hydrogen (secondary N) is 1. The zero-order valence-corrected chi connectivity index (χ0v) is 14.8. The van der Waals surface area contributed by atoms with Gasteiger partial charge in [0, 0.05) is 5.56 Å². The molecule has 2 rings (SSSR count). The van der Waals surface area contributed by atoms with Gasteiger partial charge in [0.2, 0.25) is 0 Å². The van der Waals surface area contributed by atoms with Crippen LogP contribution in [0.3, 0.4) is 0 Å². The van der Waals surface area contributed by atoms with E-state index >= 15 is 0 Å². The van der Waals surface area contributed by atoms with Gasteiger partial charge < -0.3 is 19.5 Å². The SMILES string of the molecule is CCCCOc1ccc(C(=O)NCCOc2ccc(OC)cc2)cc1. The normalized spacial score (nSPS) is 10.2. The predicted octanol–water partition coefficient (Wildman–Crippen LogP) is 3.68. The first-order valence-electron chi connectivity index (χ1n) is 8.51. The summed E-state index contributed by atoms with van der Waals surface area (Å²) in [7, 11) is 1.62. The number of benzene rings is 2. The summed E-state index contributed by atoms with van der Waals surface area (Å²) < 4.78 is 16.2. The summed E-state index contributed by atoms with van der Waals surface area (Å²) in [4.78, 5) is 12.1. The van der Waals surface area contributed by atoms with Crippen molar-refractivity contribution in [1.29, 1.82) is 0 Å². The lowest BCUT2D eigenvalue weighted by atomic mass is 10.2. The highest BCUT2D eigenvalue weighted by atomic mass is 16.5. The van der Waals surface area contributed by atoms with Gasteiger partial charge in [-0.3, -0.25) is 4.79 Å². The molecule has 0 aromatic heterocycles. The van der Waals surface area contributed by atoms with Gasteiger partial charge in [0.05, 0.1) is 20.3 Å². The van der Waals surface area contributed by atoms with Crippen LogP contribution in [0.2, 0.25) is 0 Å². The van der Waals surface area contributed by atoms with Crippen LogP contribution in [0, 0.1) is 0 Å². The maximum Gasteiger partial charge on any atom is 0.251 e. The lowest BCUT2D eigenvalue weighted by Gasteiger charge is -2.09. The Morgan fingerprint density at radius 3 is 2.04 bits per heavy atom. The zero-order valence-electron chi connectivity index (χ0n) is 14.8. The number of carbonyl (C=O) groups is 1. The molecule has 0 fully saturated rings. The van der Waals surface area contributed by atoms with E-state index in [1.165, 1.54) is 0 Å². The van der Waals surface area contributed by atoms with E-state index in [-0.39, 0.29) is 5.91 Å². The van der Waals surface area contributed by atoms with E-state index in [1.54, 1.807) is 19.2 Å². The molecule has 1 amide bonds. The lowest BCUT2D eigenvalue weighted by Crippen LogP contribution is -2.28. The molecule has 134 valence electrons. The van der Waals surface area contributed by atoms with Crippen molar-refractivity contribution < 1.29 is 19.0 Å². The molecule has 5 heteroatoms. The van der Waals surface area contributed by atoms with Gasteiger partial charge in [-0.1, -0.05) is 13.3 Å². The minimum Gasteiger partial charge on any atom is -0.497 e. The van der Waals surface area contributed by atoms with E-state index in [0.717, 1.165) is 30.1 Å². The number of ether oxygens (including phenoxy) is 3. The average Bonchev–Trinajstić information content (AvgIpc) is 2.66. The maximum atomic E-state index is 12.1. The van der Waals surface area contributed by atoms with E-state index in [4.69, 9.17) is 14.2 Å². The van der Waals surface area contributed by atoms with Gasteiger partial charge in [-0.2, -0.15) is 0 Å². The Kier molecular flexibility index (Phi) is 7.63. The van der Waals surface area contributed by atoms with E-state index in [2.05, 4.69) is 12.2 Å². The summed E-state index contributed by atoms with van der Waals surface area (Å²) in [6.07, 6.45) is 2.12. The Morgan fingerprint density at radius 2 is 1.44 bits per heavy atom. The van der Waals surface area contributed by atoms with Crippen molar-refractivity contribution >= 4 is 5.91 Å². The highest BCUT2D eigenvalue weighted by Crippen LogP contribution is 2.16. The van der Waals surface area contributed by atoms with Crippen molar-refractivity contribution in [1.82, 2.24) is 5.32 Å². The number of amides is 1. The molecule has 0 unspecified atom stereocenters. The molecule has 0 bridgehead atoms. The minimum atomic E-state index is -0.126. The largest absolute Gasteiger partial charge is 0.497 e. The second kappa shape index (κ2) is 10.2. The smallest absolute Gasteiger partial charge is 0.251 e. The Morgan fingerprint density at radius 1 is 0.880 bits per heavy atom. The molecule has 0 heterocycles. The summed E-state index contributed by atoms with van der Waals surface area (Å²) >= 11 is 0. The van der Waals surface area contributed by atoms with Crippen molar-refractivity contribution in [2.45, 2.75) is 19.8 Å². The Bertz CT molecular complexity index is 638. The predicted molar refractivity (Wildman–Crippen MR) is 97.7 cm³/mol. The molecule has 0 spiro atoms. The van der Waals surface area contributed by atoms with Gasteiger partial charge >= 0.3 is 0 Å². The molecule has 1 N–H and O–H groups in total. The van der Waals surface area contributed by atoms with Crippen LogP contribution >= 0.6 is 0 Å². The van der Waals surface area contributed by atoms with Crippen molar-refractivity contribution in [2.75, 3.05) is 26.9 Å². The zero-order chi connectivity index (χ0) is 17.9. The molecule has 2 aromatic rings. The van der Waals surface area contributed by atoms with Gasteiger partial charge in [-0.15, -0.1) is 0 Å². The highest BCUT2D eigenvalue weighted by molar-refractivity contribution is 5.94. The highest BCUT2D eigenvalue weighted by Gasteiger charge is 2.05. The summed E-state index contributed by atoms with van der Waals surface area (Å²) in [6, 6.07) is 14.5. The van der Waals surface area contributed by atoms with Crippen LogP contribution in [0.4, 0.5) is 0 Å². The van der Waals surface area contributed by atoms with Crippen LogP contribution in [-0.4, -0.2) is 32.8 Å². The van der Waals surface area contributed by atoms with Crippen LogP contribution in [0.5, 0.6) is 17.2 Å². The molecular formula is C20H25NO4. The third-order valence-corrected chi connectivity index (χ3v) is 3.60. The monoisotopic (exact) mass is 343 g/mol. The number of hydrogen-bond donors (Lipinski definition) is 1. The number of unbranched alkanes of at least 4 members (excludes halogenated alkanes) is 1. The van der Waals surface area contributed by atoms with Gasteiger partial charge in [0.15, 0.2) is 0 Å². The van der Waals surface area contributed by atoms with Crippen molar-refractivity contribution in [3.05, 3.63) is 54.1 Å². The van der Waals surface area contributed by atoms with Crippen molar-refractivity contribution in [3.8, 4) is 17.2 Å². The summed E-state index contributed by atoms with van der Waals surface area (Å²) in [5, 5.41) is 2.83. The fourth-order valence-corrected chi connectivity index (χ4v) is 2.14. The second-order valence-electron chi connectivity index (χ2n) is 5.51. The standard InChI is InChI=1S/C20H25NO4/c1-3-4-14-24-18-7-5-16(6-8-18)20(22)21-13-15-25-19-11-9-17(23-2)10-12-19/h5-12H,3-4,13-15H2,1-2H3,(H,21,22). The molecule has 0 saturated heterocycles. The van der Waals surface area contributed by atoms with E-state index in [9.17, 15) is 4.79 Å². The minimum absolute atomic E-state index is 0.126. The van der Waals surface area contributed by atoms with Gasteiger partial charge in [0.1, 0.15) is 23.9 Å². The number of carbonyl (C=O) groups excluding carboxylic acids is 1. The first kappa shape index (κ1) is 18.6. The first-order chi connectivity index (χ1) is 12.2. The van der Waals surface area contributed by atoms with E-state index in [0.29, 0.717) is 25.3 Å². The molecule has 0 saturated carbocycles. The molecule has 25 heavy (non-hydrogen) atoms. The average molecular weight is 343 g/mol. The Labute approximate surface area is 148 Å². The molecule has 0 atom stereocenters. The molecule has 5 nitrogen and oxygen atoms in total. The Balaban J connectivity index is 1.70. The fourth-order valence-electron chi connectivity index (χ4n) is 2.14. The van der Waals surface area contributed by atoms with Crippen LogP contribution in [-0.2, 0) is 0 Å². The number of rotatable bonds is 10. The van der Waals surface area contributed by atoms with Crippen LogP contribution in [0.1, 0.15) is 30.1 Å². The second-order valence-corrected chi connectivity index (χ2v) is 5.51. The van der Waals surface area contributed by atoms with Gasteiger partial charge in [-0.05, 0) is 55.0 Å². The fraction of sp³-hybridized carbons (Fsp3) is 0.350. The van der Waals surface area contributed by atoms with Crippen LogP contribution in [0.25, 0.3) is 0 Å². The molecule has 2 aromatic carbocycles. The summed E-state index contributed by atoms with van der Waals surface area (Å²) in [5.41, 5.74) is 0.604. The Hall–Kier alpha value is -2.69. The van der Waals surface area contributed by atoms with Crippen molar-refractivity contribution in [3.63, 3.8) is 0 Å². The quantitative estimate of drug-likeness (QED) is 0.669. The molecule has 0 radical (unpaired) electrons. The van der Waals surface area contributed by atoms with Crippen LogP contribution in [0.15, 0.2) is 48.5 Å². The topological polar surface area (TPSA) is 56.8 Å². The molecular weight excluding hydrogens is 318 g/mol. The van der Waals surface area contributed by atoms with Gasteiger partial charge in [-0.25, -0.2) is 0 Å². The maximum absolute atomic E-state index is 12.1. The molecule has 0 aliphatic rings. The van der Waals surface area contributed by atoms with Crippen molar-refractivity contribution in [2.24, 2.45) is 0 Å². The third kappa shape index (κ3) is 6.37. The summed E-state index contributed by atoms with van der Waals surface area (Å²) in [6.45, 7) is 3.65. The van der Waals surface area contributed by atoms with E-state index in [1.807, 2.05) is 36.4 Å². The molecule has 0 aliphatic heterocycles. The number of hydrogen-bond acceptors (Lipinski definition) is 4. The molecule has 0 aliphatic carbocycles. The number of methoxy groups -OCH3 is 1. The third-order valence-electron chi connectivity index (χ3n) is 3.60. The summed E-state index contributed by atoms with van der Waals surface area (Å²) in [5.74, 6) is 2.18. The van der Waals surface area contributed by atoms with E-state index < -0.39 is 0 Å². The first-order valence-corrected chi connectivity index (χ1v) is 8.51.